The third kappa shape index (κ3) is 3.57. The average molecular weight is 326 g/mol. The highest BCUT2D eigenvalue weighted by atomic mass is 35.5. The van der Waals surface area contributed by atoms with Crippen LogP contribution < -0.4 is 0 Å². The first-order valence-corrected chi connectivity index (χ1v) is 7.08. The Kier molecular flexibility index (Phi) is 4.42. The van der Waals surface area contributed by atoms with Gasteiger partial charge in [0.25, 0.3) is 0 Å². The number of rotatable bonds is 1. The molecule has 0 spiro atoms. The highest BCUT2D eigenvalue weighted by Gasteiger charge is 2.42. The van der Waals surface area contributed by atoms with Crippen molar-refractivity contribution in [1.82, 2.24) is 4.90 Å². The van der Waals surface area contributed by atoms with E-state index in [4.69, 9.17) is 16.3 Å². The van der Waals surface area contributed by atoms with E-state index in [2.05, 4.69) is 4.74 Å². The Balaban J connectivity index is 2.38. The quantitative estimate of drug-likeness (QED) is 0.581. The number of cyclic esters (lactones) is 2. The normalized spacial score (nSPS) is 18.9. The lowest BCUT2D eigenvalue weighted by molar-refractivity contribution is -0.143. The van der Waals surface area contributed by atoms with Crippen molar-refractivity contribution in [2.75, 3.05) is 0 Å². The zero-order valence-corrected chi connectivity index (χ0v) is 13.2. The van der Waals surface area contributed by atoms with E-state index in [0.29, 0.717) is 10.6 Å². The lowest BCUT2D eigenvalue weighted by Crippen LogP contribution is -2.48. The number of imide groups is 1. The van der Waals surface area contributed by atoms with Gasteiger partial charge in [-0.2, -0.15) is 0 Å². The number of esters is 1. The van der Waals surface area contributed by atoms with Crippen LogP contribution in [0, 0.1) is 0 Å². The second-order valence-corrected chi connectivity index (χ2v) is 6.24. The molecule has 0 bridgehead atoms. The fourth-order valence-corrected chi connectivity index (χ4v) is 2.33. The molecule has 1 fully saturated rings. The van der Waals surface area contributed by atoms with Crippen molar-refractivity contribution in [3.63, 3.8) is 0 Å². The van der Waals surface area contributed by atoms with Crippen LogP contribution in [0.2, 0.25) is 5.02 Å². The van der Waals surface area contributed by atoms with E-state index in [1.807, 2.05) is 0 Å². The van der Waals surface area contributed by atoms with Gasteiger partial charge in [-0.3, -0.25) is 4.79 Å². The Labute approximate surface area is 132 Å². The standard InChI is InChI=1S/C15H16ClNO5/c1-15(2,3)22-14(20)17-11(8-12(18)21-13(17)19)9-6-4-5-7-10(9)16/h4-7,11H,8H2,1-3H3/t11-/m1/s1. The van der Waals surface area contributed by atoms with Crippen LogP contribution in [0.5, 0.6) is 0 Å². The van der Waals surface area contributed by atoms with Crippen molar-refractivity contribution in [3.05, 3.63) is 34.9 Å². The third-order valence-corrected chi connectivity index (χ3v) is 3.27. The Hall–Kier alpha value is -2.08. The van der Waals surface area contributed by atoms with Crippen LogP contribution in [-0.2, 0) is 14.3 Å². The van der Waals surface area contributed by atoms with E-state index in [1.54, 1.807) is 45.0 Å². The van der Waals surface area contributed by atoms with Gasteiger partial charge < -0.3 is 9.47 Å². The lowest BCUT2D eigenvalue weighted by Gasteiger charge is -2.34. The summed E-state index contributed by atoms with van der Waals surface area (Å²) in [5, 5.41) is 0.351. The van der Waals surface area contributed by atoms with Gasteiger partial charge in [0.2, 0.25) is 0 Å². The molecule has 1 aliphatic rings. The van der Waals surface area contributed by atoms with E-state index in [0.717, 1.165) is 4.90 Å². The van der Waals surface area contributed by atoms with Crippen molar-refractivity contribution in [2.24, 2.45) is 0 Å². The van der Waals surface area contributed by atoms with E-state index >= 15 is 0 Å². The molecule has 0 saturated carbocycles. The van der Waals surface area contributed by atoms with Gasteiger partial charge in [0.1, 0.15) is 5.60 Å². The van der Waals surface area contributed by atoms with E-state index in [-0.39, 0.29) is 6.42 Å². The summed E-state index contributed by atoms with van der Waals surface area (Å²) in [6.07, 6.45) is -2.11. The molecule has 0 N–H and O–H groups in total. The molecule has 1 aromatic rings. The smallest absolute Gasteiger partial charge is 0.427 e. The maximum absolute atomic E-state index is 12.3. The van der Waals surface area contributed by atoms with Crippen molar-refractivity contribution >= 4 is 29.8 Å². The molecular formula is C15H16ClNO5. The van der Waals surface area contributed by atoms with Crippen LogP contribution in [0.1, 0.15) is 38.8 Å². The molecule has 1 heterocycles. The fraction of sp³-hybridized carbons (Fsp3) is 0.400. The van der Waals surface area contributed by atoms with Gasteiger partial charge in [0.15, 0.2) is 0 Å². The molecule has 0 unspecified atom stereocenters. The number of nitrogens with zero attached hydrogens (tertiary/aromatic N) is 1. The Morgan fingerprint density at radius 2 is 1.95 bits per heavy atom. The average Bonchev–Trinajstić information content (AvgIpc) is 2.35. The van der Waals surface area contributed by atoms with Crippen LogP contribution >= 0.6 is 11.6 Å². The van der Waals surface area contributed by atoms with E-state index < -0.39 is 29.8 Å². The molecule has 6 nitrogen and oxygen atoms in total. The second-order valence-electron chi connectivity index (χ2n) is 5.83. The van der Waals surface area contributed by atoms with E-state index in [9.17, 15) is 14.4 Å². The van der Waals surface area contributed by atoms with Gasteiger partial charge in [-0.05, 0) is 32.4 Å². The number of amides is 2. The van der Waals surface area contributed by atoms with Gasteiger partial charge in [-0.25, -0.2) is 14.5 Å². The molecule has 0 aliphatic carbocycles. The Morgan fingerprint density at radius 1 is 1.32 bits per heavy atom. The number of hydrogen-bond donors (Lipinski definition) is 0. The summed E-state index contributed by atoms with van der Waals surface area (Å²) in [5.74, 6) is -0.713. The SMILES string of the molecule is CC(C)(C)OC(=O)N1C(=O)OC(=O)C[C@@H]1c1ccccc1Cl. The minimum atomic E-state index is -1.06. The minimum Gasteiger partial charge on any atom is -0.443 e. The summed E-state index contributed by atoms with van der Waals surface area (Å²) >= 11 is 6.11. The first-order valence-electron chi connectivity index (χ1n) is 6.70. The molecule has 1 aliphatic heterocycles. The largest absolute Gasteiger partial charge is 0.443 e. The first kappa shape index (κ1) is 16.3. The van der Waals surface area contributed by atoms with Crippen LogP contribution in [0.25, 0.3) is 0 Å². The van der Waals surface area contributed by atoms with Crippen molar-refractivity contribution in [1.29, 1.82) is 0 Å². The molecule has 118 valence electrons. The molecular weight excluding hydrogens is 310 g/mol. The van der Waals surface area contributed by atoms with Crippen molar-refractivity contribution in [2.45, 2.75) is 38.8 Å². The zero-order chi connectivity index (χ0) is 16.5. The van der Waals surface area contributed by atoms with Crippen LogP contribution in [-0.4, -0.2) is 28.7 Å². The number of halogens is 1. The minimum absolute atomic E-state index is 0.172. The molecule has 0 aromatic heterocycles. The molecule has 1 aromatic carbocycles. The topological polar surface area (TPSA) is 72.9 Å². The molecule has 2 rings (SSSR count). The Morgan fingerprint density at radius 3 is 2.55 bits per heavy atom. The monoisotopic (exact) mass is 325 g/mol. The molecule has 22 heavy (non-hydrogen) atoms. The third-order valence-electron chi connectivity index (χ3n) is 2.92. The highest BCUT2D eigenvalue weighted by molar-refractivity contribution is 6.31. The number of hydrogen-bond acceptors (Lipinski definition) is 5. The van der Waals surface area contributed by atoms with Gasteiger partial charge in [0.05, 0.1) is 12.5 Å². The summed E-state index contributed by atoms with van der Waals surface area (Å²) in [4.78, 5) is 36.6. The van der Waals surface area contributed by atoms with Crippen LogP contribution in [0.4, 0.5) is 9.59 Å². The zero-order valence-electron chi connectivity index (χ0n) is 12.5. The fourth-order valence-electron chi connectivity index (χ4n) is 2.07. The number of carbonyl (C=O) groups is 3. The van der Waals surface area contributed by atoms with Crippen molar-refractivity contribution < 1.29 is 23.9 Å². The van der Waals surface area contributed by atoms with Crippen LogP contribution in [0.15, 0.2) is 24.3 Å². The maximum Gasteiger partial charge on any atom is 0.427 e. The predicted octanol–water partition coefficient (Wildman–Crippen LogP) is 3.69. The summed E-state index contributed by atoms with van der Waals surface area (Å²) in [6, 6.07) is 5.84. The number of ether oxygens (including phenoxy) is 2. The lowest BCUT2D eigenvalue weighted by atomic mass is 10.0. The van der Waals surface area contributed by atoms with E-state index in [1.165, 1.54) is 0 Å². The van der Waals surface area contributed by atoms with Gasteiger partial charge in [-0.1, -0.05) is 29.8 Å². The van der Waals surface area contributed by atoms with Gasteiger partial charge >= 0.3 is 18.2 Å². The molecule has 1 saturated heterocycles. The highest BCUT2D eigenvalue weighted by Crippen LogP contribution is 2.34. The first-order chi connectivity index (χ1) is 10.2. The molecule has 2 amide bonds. The summed E-state index contributed by atoms with van der Waals surface area (Å²) in [6.45, 7) is 5.03. The Bertz CT molecular complexity index is 623. The summed E-state index contributed by atoms with van der Waals surface area (Å²) in [7, 11) is 0. The van der Waals surface area contributed by atoms with Gasteiger partial charge in [0, 0.05) is 5.02 Å². The maximum atomic E-state index is 12.3. The second kappa shape index (κ2) is 5.96. The van der Waals surface area contributed by atoms with Gasteiger partial charge in [-0.15, -0.1) is 0 Å². The van der Waals surface area contributed by atoms with Crippen molar-refractivity contribution in [3.8, 4) is 0 Å². The molecule has 7 heteroatoms. The summed E-state index contributed by atoms with van der Waals surface area (Å²) < 4.78 is 9.74. The molecule has 1 atom stereocenters. The van der Waals surface area contributed by atoms with Crippen LogP contribution in [0.3, 0.4) is 0 Å². The number of carbonyl (C=O) groups excluding carboxylic acids is 3. The summed E-state index contributed by atoms with van der Waals surface area (Å²) in [5.41, 5.74) is -0.302. The molecule has 0 radical (unpaired) electrons. The number of benzene rings is 1. The predicted molar refractivity (Wildman–Crippen MR) is 78.4 cm³/mol.